The average Bonchev–Trinajstić information content (AvgIpc) is 2.47. The van der Waals surface area contributed by atoms with Gasteiger partial charge in [0, 0.05) is 23.6 Å². The van der Waals surface area contributed by atoms with Crippen molar-refractivity contribution in [2.45, 2.75) is 6.04 Å². The lowest BCUT2D eigenvalue weighted by atomic mass is 10.1. The summed E-state index contributed by atoms with van der Waals surface area (Å²) in [5.74, 6) is -0.436. The molecule has 0 aliphatic carbocycles. The van der Waals surface area contributed by atoms with Crippen LogP contribution in [0, 0.1) is 0 Å². The largest absolute Gasteiger partial charge is 0.493 e. The first-order chi connectivity index (χ1) is 10.1. The van der Waals surface area contributed by atoms with Crippen LogP contribution in [0.4, 0.5) is 0 Å². The third kappa shape index (κ3) is 4.16. The van der Waals surface area contributed by atoms with Crippen LogP contribution in [0.3, 0.4) is 0 Å². The number of carboxylic acids is 1. The first-order valence-corrected chi connectivity index (χ1v) is 6.32. The van der Waals surface area contributed by atoms with E-state index in [0.29, 0.717) is 11.3 Å². The summed E-state index contributed by atoms with van der Waals surface area (Å²) >= 11 is 6.18. The summed E-state index contributed by atoms with van der Waals surface area (Å²) in [7, 11) is 2.87. The molecule has 21 heavy (non-hydrogen) atoms. The lowest BCUT2D eigenvalue weighted by Gasteiger charge is -2.18. The summed E-state index contributed by atoms with van der Waals surface area (Å²) in [6.07, 6.45) is 0. The molecule has 8 nitrogen and oxygen atoms in total. The van der Waals surface area contributed by atoms with Gasteiger partial charge in [0.25, 0.3) is 0 Å². The normalized spacial score (nSPS) is 11.4. The number of hydrogen-bond acceptors (Lipinski definition) is 5. The second-order valence-electron chi connectivity index (χ2n) is 3.88. The maximum absolute atomic E-state index is 11.4. The van der Waals surface area contributed by atoms with Gasteiger partial charge >= 0.3 is 5.97 Å². The van der Waals surface area contributed by atoms with Crippen molar-refractivity contribution in [1.29, 1.82) is 0 Å². The van der Waals surface area contributed by atoms with Gasteiger partial charge in [-0.25, -0.2) is 0 Å². The molecule has 0 radical (unpaired) electrons. The number of nitrogens with one attached hydrogen (secondary N) is 1. The van der Waals surface area contributed by atoms with E-state index in [1.54, 1.807) is 12.1 Å². The monoisotopic (exact) mass is 314 g/mol. The summed E-state index contributed by atoms with van der Waals surface area (Å²) in [6, 6.07) is 2.07. The Labute approximate surface area is 126 Å². The van der Waals surface area contributed by atoms with Crippen molar-refractivity contribution in [1.82, 2.24) is 5.32 Å². The third-order valence-electron chi connectivity index (χ3n) is 2.70. The molecule has 0 saturated heterocycles. The van der Waals surface area contributed by atoms with Gasteiger partial charge < -0.3 is 19.9 Å². The first kappa shape index (κ1) is 16.9. The van der Waals surface area contributed by atoms with E-state index < -0.39 is 12.0 Å². The number of ether oxygens (including phenoxy) is 2. The van der Waals surface area contributed by atoms with Crippen LogP contribution >= 0.6 is 11.6 Å². The summed E-state index contributed by atoms with van der Waals surface area (Å²) in [5.41, 5.74) is 8.53. The van der Waals surface area contributed by atoms with Crippen LogP contribution in [0.5, 0.6) is 11.5 Å². The Morgan fingerprint density at radius 1 is 1.52 bits per heavy atom. The number of hydrogen-bond donors (Lipinski definition) is 2. The minimum absolute atomic E-state index is 0.130. The van der Waals surface area contributed by atoms with Gasteiger partial charge in [-0.15, -0.1) is 0 Å². The van der Waals surface area contributed by atoms with Crippen molar-refractivity contribution in [2.75, 3.05) is 27.3 Å². The molecule has 1 aromatic rings. The quantitative estimate of drug-likeness (QED) is 0.330. The SMILES string of the molecule is COc1ccc(C(NCCN=[N+]=[N-])C(=O)O)c(Cl)c1OC. The molecule has 1 unspecified atom stereocenters. The van der Waals surface area contributed by atoms with E-state index in [2.05, 4.69) is 15.3 Å². The van der Waals surface area contributed by atoms with Crippen molar-refractivity contribution in [2.24, 2.45) is 5.11 Å². The van der Waals surface area contributed by atoms with E-state index in [-0.39, 0.29) is 23.9 Å². The lowest BCUT2D eigenvalue weighted by molar-refractivity contribution is -0.139. The zero-order valence-corrected chi connectivity index (χ0v) is 12.3. The average molecular weight is 315 g/mol. The van der Waals surface area contributed by atoms with Crippen LogP contribution in [0.15, 0.2) is 17.2 Å². The zero-order chi connectivity index (χ0) is 15.8. The molecule has 1 aromatic carbocycles. The maximum Gasteiger partial charge on any atom is 0.325 e. The van der Waals surface area contributed by atoms with E-state index in [0.717, 1.165) is 0 Å². The predicted octanol–water partition coefficient (Wildman–Crippen LogP) is 2.38. The van der Waals surface area contributed by atoms with E-state index in [9.17, 15) is 9.90 Å². The number of benzene rings is 1. The molecule has 2 N–H and O–H groups in total. The van der Waals surface area contributed by atoms with E-state index in [4.69, 9.17) is 26.6 Å². The number of nitrogens with zero attached hydrogens (tertiary/aromatic N) is 3. The summed E-state index contributed by atoms with van der Waals surface area (Å²) < 4.78 is 10.2. The van der Waals surface area contributed by atoms with Crippen LogP contribution < -0.4 is 14.8 Å². The molecular formula is C12H15ClN4O4. The Morgan fingerprint density at radius 2 is 2.24 bits per heavy atom. The molecule has 0 aromatic heterocycles. The second kappa shape index (κ2) is 8.21. The molecule has 0 heterocycles. The number of methoxy groups -OCH3 is 2. The van der Waals surface area contributed by atoms with Crippen molar-refractivity contribution < 1.29 is 19.4 Å². The van der Waals surface area contributed by atoms with Gasteiger partial charge in [-0.05, 0) is 11.6 Å². The predicted molar refractivity (Wildman–Crippen MR) is 76.9 cm³/mol. The molecule has 0 aliphatic rings. The number of rotatable bonds is 8. The molecule has 1 rings (SSSR count). The van der Waals surface area contributed by atoms with Gasteiger partial charge in [0.2, 0.25) is 0 Å². The van der Waals surface area contributed by atoms with Gasteiger partial charge in [-0.1, -0.05) is 22.8 Å². The molecule has 9 heteroatoms. The molecule has 0 amide bonds. The maximum atomic E-state index is 11.4. The molecule has 0 spiro atoms. The number of halogens is 1. The number of azide groups is 1. The third-order valence-corrected chi connectivity index (χ3v) is 3.09. The van der Waals surface area contributed by atoms with Crippen molar-refractivity contribution in [3.8, 4) is 11.5 Å². The second-order valence-corrected chi connectivity index (χ2v) is 4.26. The molecule has 0 fully saturated rings. The van der Waals surface area contributed by atoms with Crippen LogP contribution in [0.25, 0.3) is 10.4 Å². The van der Waals surface area contributed by atoms with Crippen molar-refractivity contribution >= 4 is 17.6 Å². The molecule has 0 saturated carbocycles. The van der Waals surface area contributed by atoms with Crippen LogP contribution in [0.1, 0.15) is 11.6 Å². The van der Waals surface area contributed by atoms with E-state index in [1.807, 2.05) is 0 Å². The topological polar surface area (TPSA) is 117 Å². The van der Waals surface area contributed by atoms with Crippen molar-refractivity contribution in [3.05, 3.63) is 33.2 Å². The number of carbonyl (C=O) groups is 1. The summed E-state index contributed by atoms with van der Waals surface area (Å²) in [6.45, 7) is 0.330. The highest BCUT2D eigenvalue weighted by Crippen LogP contribution is 2.39. The van der Waals surface area contributed by atoms with E-state index >= 15 is 0 Å². The number of carboxylic acid groups (broad SMARTS) is 1. The molecule has 1 atom stereocenters. The fraction of sp³-hybridized carbons (Fsp3) is 0.417. The van der Waals surface area contributed by atoms with Gasteiger partial charge in [-0.3, -0.25) is 4.79 Å². The highest BCUT2D eigenvalue weighted by Gasteiger charge is 2.25. The zero-order valence-electron chi connectivity index (χ0n) is 11.5. The lowest BCUT2D eigenvalue weighted by Crippen LogP contribution is -2.30. The fourth-order valence-corrected chi connectivity index (χ4v) is 2.10. The van der Waals surface area contributed by atoms with E-state index in [1.165, 1.54) is 14.2 Å². The number of aliphatic carboxylic acids is 1. The summed E-state index contributed by atoms with van der Waals surface area (Å²) in [5, 5.41) is 15.5. The highest BCUT2D eigenvalue weighted by molar-refractivity contribution is 6.33. The Bertz CT molecular complexity index is 560. The van der Waals surface area contributed by atoms with Gasteiger partial charge in [0.15, 0.2) is 11.5 Å². The van der Waals surface area contributed by atoms with Crippen LogP contribution in [-0.4, -0.2) is 38.4 Å². The Morgan fingerprint density at radius 3 is 2.76 bits per heavy atom. The first-order valence-electron chi connectivity index (χ1n) is 5.94. The molecule has 114 valence electrons. The highest BCUT2D eigenvalue weighted by atomic mass is 35.5. The van der Waals surface area contributed by atoms with Crippen LogP contribution in [-0.2, 0) is 4.79 Å². The van der Waals surface area contributed by atoms with Gasteiger partial charge in [0.05, 0.1) is 19.2 Å². The minimum Gasteiger partial charge on any atom is -0.493 e. The molecule has 0 bridgehead atoms. The minimum atomic E-state index is -1.11. The van der Waals surface area contributed by atoms with Crippen LogP contribution in [0.2, 0.25) is 5.02 Å². The van der Waals surface area contributed by atoms with Crippen molar-refractivity contribution in [3.63, 3.8) is 0 Å². The summed E-state index contributed by atoms with van der Waals surface area (Å²) in [4.78, 5) is 14.0. The molecular weight excluding hydrogens is 300 g/mol. The molecule has 0 aliphatic heterocycles. The Hall–Kier alpha value is -2.15. The Kier molecular flexibility index (Phi) is 6.61. The van der Waals surface area contributed by atoms with Gasteiger partial charge in [-0.2, -0.15) is 0 Å². The fourth-order valence-electron chi connectivity index (χ4n) is 1.76. The van der Waals surface area contributed by atoms with Gasteiger partial charge in [0.1, 0.15) is 6.04 Å². The standard InChI is InChI=1S/C12H15ClN4O4/c1-20-8-4-3-7(9(13)11(8)21-2)10(12(18)19)15-5-6-16-17-14/h3-4,10,15H,5-6H2,1-2H3,(H,18,19). The smallest absolute Gasteiger partial charge is 0.325 e. The Balaban J connectivity index is 3.08.